The van der Waals surface area contributed by atoms with Gasteiger partial charge in [0.25, 0.3) is 0 Å². The van der Waals surface area contributed by atoms with Gasteiger partial charge in [-0.3, -0.25) is 14.3 Å². The van der Waals surface area contributed by atoms with Crippen molar-refractivity contribution < 1.29 is 9.18 Å². The zero-order valence-electron chi connectivity index (χ0n) is 17.6. The maximum Gasteiger partial charge on any atom is 0.234 e. The van der Waals surface area contributed by atoms with Gasteiger partial charge in [0.2, 0.25) is 5.91 Å². The van der Waals surface area contributed by atoms with Crippen LogP contribution in [0.5, 0.6) is 0 Å². The Labute approximate surface area is 185 Å². The van der Waals surface area contributed by atoms with E-state index in [9.17, 15) is 9.18 Å². The molecule has 162 valence electrons. The molecule has 1 aromatic heterocycles. The first-order valence-electron chi connectivity index (χ1n) is 10.5. The molecule has 0 radical (unpaired) electrons. The van der Waals surface area contributed by atoms with Crippen molar-refractivity contribution in [3.63, 3.8) is 0 Å². The number of hydrogen-bond donors (Lipinski definition) is 1. The molecule has 0 saturated carbocycles. The maximum atomic E-state index is 13.5. The minimum Gasteiger partial charge on any atom is -0.325 e. The van der Waals surface area contributed by atoms with E-state index in [4.69, 9.17) is 0 Å². The van der Waals surface area contributed by atoms with Crippen LogP contribution in [0.25, 0.3) is 5.69 Å². The molecular formula is C23H26FN5OS. The lowest BCUT2D eigenvalue weighted by molar-refractivity contribution is -0.113. The van der Waals surface area contributed by atoms with Gasteiger partial charge in [-0.25, -0.2) is 4.39 Å². The lowest BCUT2D eigenvalue weighted by atomic mass is 10.1. The smallest absolute Gasteiger partial charge is 0.234 e. The highest BCUT2D eigenvalue weighted by atomic mass is 32.2. The standard InChI is InChI=1S/C23H26FN5OS/c1-17-5-9-19(10-6-17)25-22(30)16-31-23-27-26-21(15-28-13-3-2-4-14-28)29(23)20-11-7-18(24)8-12-20/h5-12H,2-4,13-16H2,1H3,(H,25,30). The van der Waals surface area contributed by atoms with Gasteiger partial charge in [0.1, 0.15) is 5.82 Å². The third-order valence-electron chi connectivity index (χ3n) is 5.27. The second kappa shape index (κ2) is 10.1. The van der Waals surface area contributed by atoms with Crippen LogP contribution in [0.15, 0.2) is 53.7 Å². The molecule has 1 N–H and O–H groups in total. The van der Waals surface area contributed by atoms with Gasteiger partial charge in [0.15, 0.2) is 11.0 Å². The van der Waals surface area contributed by atoms with E-state index in [2.05, 4.69) is 20.4 Å². The van der Waals surface area contributed by atoms with Gasteiger partial charge in [-0.15, -0.1) is 10.2 Å². The summed E-state index contributed by atoms with van der Waals surface area (Å²) >= 11 is 1.32. The molecule has 1 amide bonds. The van der Waals surface area contributed by atoms with Crippen LogP contribution in [0.2, 0.25) is 0 Å². The summed E-state index contributed by atoms with van der Waals surface area (Å²) in [7, 11) is 0. The number of piperidine rings is 1. The molecule has 3 aromatic rings. The van der Waals surface area contributed by atoms with Crippen molar-refractivity contribution in [3.05, 3.63) is 65.7 Å². The highest BCUT2D eigenvalue weighted by Gasteiger charge is 2.19. The highest BCUT2D eigenvalue weighted by Crippen LogP contribution is 2.24. The summed E-state index contributed by atoms with van der Waals surface area (Å²) in [5.74, 6) is 0.604. The van der Waals surface area contributed by atoms with Crippen molar-refractivity contribution in [2.24, 2.45) is 0 Å². The number of hydrogen-bond acceptors (Lipinski definition) is 5. The molecular weight excluding hydrogens is 413 g/mol. The number of halogens is 1. The van der Waals surface area contributed by atoms with E-state index in [-0.39, 0.29) is 17.5 Å². The molecule has 8 heteroatoms. The number of likely N-dealkylation sites (tertiary alicyclic amines) is 1. The van der Waals surface area contributed by atoms with Crippen LogP contribution in [0, 0.1) is 12.7 Å². The van der Waals surface area contributed by atoms with Crippen LogP contribution in [0.3, 0.4) is 0 Å². The Bertz CT molecular complexity index is 1010. The monoisotopic (exact) mass is 439 g/mol. The molecule has 6 nitrogen and oxygen atoms in total. The number of amides is 1. The number of carbonyl (C=O) groups excluding carboxylic acids is 1. The number of aromatic nitrogens is 3. The molecule has 4 rings (SSSR count). The summed E-state index contributed by atoms with van der Waals surface area (Å²) < 4.78 is 15.4. The molecule has 2 aromatic carbocycles. The van der Waals surface area contributed by atoms with E-state index in [0.29, 0.717) is 11.7 Å². The van der Waals surface area contributed by atoms with Crippen molar-refractivity contribution in [2.75, 3.05) is 24.2 Å². The van der Waals surface area contributed by atoms with Crippen LogP contribution in [0.4, 0.5) is 10.1 Å². The van der Waals surface area contributed by atoms with Crippen LogP contribution in [-0.2, 0) is 11.3 Å². The third kappa shape index (κ3) is 5.71. The number of aryl methyl sites for hydroxylation is 1. The fraction of sp³-hybridized carbons (Fsp3) is 0.348. The number of nitrogens with zero attached hydrogens (tertiary/aromatic N) is 4. The van der Waals surface area contributed by atoms with Crippen molar-refractivity contribution in [1.82, 2.24) is 19.7 Å². The quantitative estimate of drug-likeness (QED) is 0.552. The van der Waals surface area contributed by atoms with E-state index in [0.717, 1.165) is 35.9 Å². The number of benzene rings is 2. The lowest BCUT2D eigenvalue weighted by Crippen LogP contribution is -2.30. The van der Waals surface area contributed by atoms with Crippen LogP contribution >= 0.6 is 11.8 Å². The molecule has 1 saturated heterocycles. The topological polar surface area (TPSA) is 63.1 Å². The van der Waals surface area contributed by atoms with Crippen LogP contribution < -0.4 is 5.32 Å². The molecule has 0 aliphatic carbocycles. The van der Waals surface area contributed by atoms with E-state index >= 15 is 0 Å². The molecule has 0 spiro atoms. The van der Waals surface area contributed by atoms with Gasteiger partial charge in [-0.05, 0) is 69.3 Å². The van der Waals surface area contributed by atoms with Crippen molar-refractivity contribution in [2.45, 2.75) is 37.9 Å². The summed E-state index contributed by atoms with van der Waals surface area (Å²) in [6.45, 7) is 4.77. The van der Waals surface area contributed by atoms with E-state index in [1.807, 2.05) is 35.8 Å². The van der Waals surface area contributed by atoms with Gasteiger partial charge in [-0.1, -0.05) is 35.9 Å². The molecule has 0 atom stereocenters. The Hall–Kier alpha value is -2.71. The Morgan fingerprint density at radius 3 is 2.45 bits per heavy atom. The maximum absolute atomic E-state index is 13.5. The average Bonchev–Trinajstić information content (AvgIpc) is 3.17. The highest BCUT2D eigenvalue weighted by molar-refractivity contribution is 7.99. The third-order valence-corrected chi connectivity index (χ3v) is 6.20. The number of thioether (sulfide) groups is 1. The molecule has 1 aliphatic heterocycles. The Morgan fingerprint density at radius 2 is 1.74 bits per heavy atom. The van der Waals surface area contributed by atoms with Gasteiger partial charge in [-0.2, -0.15) is 0 Å². The molecule has 0 unspecified atom stereocenters. The summed E-state index contributed by atoms with van der Waals surface area (Å²) in [5, 5.41) is 12.3. The largest absolute Gasteiger partial charge is 0.325 e. The lowest BCUT2D eigenvalue weighted by Gasteiger charge is -2.26. The first kappa shape index (κ1) is 21.5. The first-order valence-corrected chi connectivity index (χ1v) is 11.5. The Kier molecular flexibility index (Phi) is 6.99. The van der Waals surface area contributed by atoms with Gasteiger partial charge in [0, 0.05) is 11.4 Å². The average molecular weight is 440 g/mol. The molecule has 2 heterocycles. The number of anilines is 1. The predicted molar refractivity (Wildman–Crippen MR) is 121 cm³/mol. The van der Waals surface area contributed by atoms with Gasteiger partial charge in [0.05, 0.1) is 12.3 Å². The minimum atomic E-state index is -0.291. The fourth-order valence-corrected chi connectivity index (χ4v) is 4.40. The zero-order valence-corrected chi connectivity index (χ0v) is 18.4. The summed E-state index contributed by atoms with van der Waals surface area (Å²) in [4.78, 5) is 14.8. The van der Waals surface area contributed by atoms with E-state index in [1.165, 1.54) is 43.2 Å². The van der Waals surface area contributed by atoms with E-state index in [1.54, 1.807) is 12.1 Å². The Balaban J connectivity index is 1.49. The second-order valence-corrected chi connectivity index (χ2v) is 8.69. The van der Waals surface area contributed by atoms with Crippen molar-refractivity contribution in [3.8, 4) is 5.69 Å². The zero-order chi connectivity index (χ0) is 21.6. The number of carbonyl (C=O) groups is 1. The van der Waals surface area contributed by atoms with Crippen LogP contribution in [-0.4, -0.2) is 44.4 Å². The van der Waals surface area contributed by atoms with Gasteiger partial charge < -0.3 is 5.32 Å². The predicted octanol–water partition coefficient (Wildman–Crippen LogP) is 4.43. The second-order valence-electron chi connectivity index (χ2n) is 7.75. The SMILES string of the molecule is Cc1ccc(NC(=O)CSc2nnc(CN3CCCCC3)n2-c2ccc(F)cc2)cc1. The fourth-order valence-electron chi connectivity index (χ4n) is 3.63. The Morgan fingerprint density at radius 1 is 1.03 bits per heavy atom. The first-order chi connectivity index (χ1) is 15.1. The summed E-state index contributed by atoms with van der Waals surface area (Å²) in [6.07, 6.45) is 3.63. The molecule has 0 bridgehead atoms. The molecule has 1 fully saturated rings. The van der Waals surface area contributed by atoms with Crippen LogP contribution in [0.1, 0.15) is 30.7 Å². The van der Waals surface area contributed by atoms with Gasteiger partial charge >= 0.3 is 0 Å². The van der Waals surface area contributed by atoms with Crippen molar-refractivity contribution in [1.29, 1.82) is 0 Å². The van der Waals surface area contributed by atoms with Crippen molar-refractivity contribution >= 4 is 23.4 Å². The minimum absolute atomic E-state index is 0.111. The normalized spacial score (nSPS) is 14.5. The molecule has 31 heavy (non-hydrogen) atoms. The number of nitrogens with one attached hydrogen (secondary N) is 1. The summed E-state index contributed by atoms with van der Waals surface area (Å²) in [5.41, 5.74) is 2.70. The molecule has 1 aliphatic rings. The number of rotatable bonds is 7. The van der Waals surface area contributed by atoms with E-state index < -0.39 is 0 Å². The summed E-state index contributed by atoms with van der Waals surface area (Å²) in [6, 6.07) is 14.0.